The highest BCUT2D eigenvalue weighted by molar-refractivity contribution is 5.81. The summed E-state index contributed by atoms with van der Waals surface area (Å²) < 4.78 is 0. The zero-order chi connectivity index (χ0) is 28.5. The highest BCUT2D eigenvalue weighted by Gasteiger charge is 2.47. The molecule has 3 aliphatic rings. The summed E-state index contributed by atoms with van der Waals surface area (Å²) in [7, 11) is 0. The van der Waals surface area contributed by atoms with Gasteiger partial charge in [0.1, 0.15) is 0 Å². The van der Waals surface area contributed by atoms with Crippen LogP contribution in [0.4, 0.5) is 0 Å². The molecule has 0 aromatic rings. The molecule has 2 saturated heterocycles. The summed E-state index contributed by atoms with van der Waals surface area (Å²) in [5, 5.41) is 6.80. The minimum Gasteiger partial charge on any atom is -0.353 e. The van der Waals surface area contributed by atoms with Crippen LogP contribution in [0, 0.1) is 11.8 Å². The van der Waals surface area contributed by atoms with Crippen molar-refractivity contribution in [2.45, 2.75) is 141 Å². The van der Waals surface area contributed by atoms with Crippen LogP contribution in [0.1, 0.15) is 107 Å². The minimum absolute atomic E-state index is 0.00536. The molecule has 6 nitrogen and oxygen atoms in total. The number of carbonyl (C=O) groups is 2. The average Bonchev–Trinajstić information content (AvgIpc) is 2.77. The third kappa shape index (κ3) is 6.91. The molecule has 2 aliphatic heterocycles. The van der Waals surface area contributed by atoms with Gasteiger partial charge in [-0.2, -0.15) is 0 Å². The summed E-state index contributed by atoms with van der Waals surface area (Å²) in [5.41, 5.74) is -0.0214. The van der Waals surface area contributed by atoms with E-state index in [2.05, 4.69) is 89.0 Å². The monoisotopic (exact) mass is 528 g/mol. The lowest BCUT2D eigenvalue weighted by atomic mass is 9.75. The maximum atomic E-state index is 13.3. The van der Waals surface area contributed by atoms with Crippen LogP contribution in [-0.2, 0) is 9.59 Å². The zero-order valence-corrected chi connectivity index (χ0v) is 25.7. The summed E-state index contributed by atoms with van der Waals surface area (Å²) in [6, 6.07) is 0.349. The van der Waals surface area contributed by atoms with Gasteiger partial charge >= 0.3 is 0 Å². The summed E-state index contributed by atoms with van der Waals surface area (Å²) in [6.07, 6.45) is 10.9. The Bertz CT molecular complexity index is 774. The maximum Gasteiger partial charge on any atom is 0.223 e. The number of hydrogen-bond donors (Lipinski definition) is 2. The van der Waals surface area contributed by atoms with Crippen LogP contribution in [-0.4, -0.2) is 68.9 Å². The number of piperidine rings is 2. The van der Waals surface area contributed by atoms with E-state index in [1.165, 1.54) is 0 Å². The Morgan fingerprint density at radius 3 is 1.13 bits per heavy atom. The highest BCUT2D eigenvalue weighted by Crippen LogP contribution is 2.40. The number of nitrogens with zero attached hydrogens (tertiary/aromatic N) is 2. The van der Waals surface area contributed by atoms with Crippen molar-refractivity contribution in [3.05, 3.63) is 25.3 Å². The van der Waals surface area contributed by atoms with E-state index in [9.17, 15) is 9.59 Å². The topological polar surface area (TPSA) is 64.7 Å². The molecule has 0 aromatic heterocycles. The molecule has 0 bridgehead atoms. The average molecular weight is 529 g/mol. The van der Waals surface area contributed by atoms with E-state index in [-0.39, 0.29) is 57.9 Å². The second-order valence-electron chi connectivity index (χ2n) is 14.8. The van der Waals surface area contributed by atoms with Crippen LogP contribution in [0.2, 0.25) is 0 Å². The number of hydrogen-bond acceptors (Lipinski definition) is 4. The summed E-state index contributed by atoms with van der Waals surface area (Å²) in [6.45, 7) is 27.8. The molecule has 0 unspecified atom stereocenters. The molecule has 2 N–H and O–H groups in total. The van der Waals surface area contributed by atoms with Crippen molar-refractivity contribution in [3.8, 4) is 0 Å². The molecule has 0 atom stereocenters. The van der Waals surface area contributed by atoms with E-state index in [0.717, 1.165) is 64.5 Å². The first-order valence-electron chi connectivity index (χ1n) is 14.9. The minimum atomic E-state index is -0.00536. The predicted octanol–water partition coefficient (Wildman–Crippen LogP) is 5.44. The van der Waals surface area contributed by atoms with Crippen molar-refractivity contribution in [2.24, 2.45) is 11.8 Å². The van der Waals surface area contributed by atoms with E-state index in [0.29, 0.717) is 0 Å². The molecule has 2 amide bonds. The molecule has 0 spiro atoms. The molecule has 1 aliphatic carbocycles. The van der Waals surface area contributed by atoms with Gasteiger partial charge in [-0.25, -0.2) is 0 Å². The Balaban J connectivity index is 1.51. The normalized spacial score (nSPS) is 29.8. The first-order chi connectivity index (χ1) is 17.5. The maximum absolute atomic E-state index is 13.3. The quantitative estimate of drug-likeness (QED) is 0.412. The van der Waals surface area contributed by atoms with Crippen molar-refractivity contribution in [1.29, 1.82) is 0 Å². The number of amides is 2. The van der Waals surface area contributed by atoms with Crippen LogP contribution < -0.4 is 10.6 Å². The molecule has 3 rings (SSSR count). The molecule has 6 heteroatoms. The SMILES string of the molecule is C=CCN1C(C)(C)CC(NC(=O)C2CCC(C(=O)NC3CC(C)(C)N(CC=C)C(C)(C)C3)CC2)CC1(C)C. The predicted molar refractivity (Wildman–Crippen MR) is 158 cm³/mol. The molecule has 0 aromatic carbocycles. The largest absolute Gasteiger partial charge is 0.353 e. The zero-order valence-electron chi connectivity index (χ0n) is 25.7. The lowest BCUT2D eigenvalue weighted by molar-refractivity contribution is -0.133. The summed E-state index contributed by atoms with van der Waals surface area (Å²) in [4.78, 5) is 31.5. The Morgan fingerprint density at radius 1 is 0.632 bits per heavy atom. The van der Waals surface area contributed by atoms with Crippen LogP contribution >= 0.6 is 0 Å². The van der Waals surface area contributed by atoms with Gasteiger partial charge < -0.3 is 10.6 Å². The van der Waals surface area contributed by atoms with Gasteiger partial charge in [0, 0.05) is 59.2 Å². The molecule has 38 heavy (non-hydrogen) atoms. The lowest BCUT2D eigenvalue weighted by Crippen LogP contribution is -2.64. The summed E-state index contributed by atoms with van der Waals surface area (Å²) >= 11 is 0. The smallest absolute Gasteiger partial charge is 0.223 e. The molecule has 0 radical (unpaired) electrons. The second-order valence-corrected chi connectivity index (χ2v) is 14.8. The molecular formula is C32H56N4O2. The Kier molecular flexibility index (Phi) is 9.30. The Labute approximate surface area is 233 Å². The third-order valence-electron chi connectivity index (χ3n) is 9.69. The number of carbonyl (C=O) groups excluding carboxylic acids is 2. The molecule has 3 fully saturated rings. The number of rotatable bonds is 8. The van der Waals surface area contributed by atoms with Gasteiger partial charge in [0.25, 0.3) is 0 Å². The van der Waals surface area contributed by atoms with E-state index in [1.807, 2.05) is 12.2 Å². The van der Waals surface area contributed by atoms with Crippen molar-refractivity contribution in [3.63, 3.8) is 0 Å². The first kappa shape index (κ1) is 30.9. The van der Waals surface area contributed by atoms with E-state index >= 15 is 0 Å². The molecule has 1 saturated carbocycles. The van der Waals surface area contributed by atoms with Crippen LogP contribution in [0.25, 0.3) is 0 Å². The van der Waals surface area contributed by atoms with Crippen molar-refractivity contribution >= 4 is 11.8 Å². The highest BCUT2D eigenvalue weighted by atomic mass is 16.2. The van der Waals surface area contributed by atoms with Gasteiger partial charge in [0.15, 0.2) is 0 Å². The fourth-order valence-electron chi connectivity index (χ4n) is 8.34. The lowest BCUT2D eigenvalue weighted by Gasteiger charge is -2.55. The van der Waals surface area contributed by atoms with Crippen LogP contribution in [0.5, 0.6) is 0 Å². The second kappa shape index (κ2) is 11.4. The Morgan fingerprint density at radius 2 is 0.895 bits per heavy atom. The van der Waals surface area contributed by atoms with Crippen molar-refractivity contribution in [2.75, 3.05) is 13.1 Å². The van der Waals surface area contributed by atoms with Gasteiger partial charge in [-0.1, -0.05) is 12.2 Å². The van der Waals surface area contributed by atoms with Gasteiger partial charge in [-0.05, 0) is 107 Å². The van der Waals surface area contributed by atoms with Crippen molar-refractivity contribution < 1.29 is 9.59 Å². The standard InChI is InChI=1S/C32H56N4O2/c1-11-17-35-29(3,4)19-25(20-30(35,5)6)33-27(37)23-13-15-24(16-14-23)28(38)34-26-21-31(7,8)36(18-12-2)32(9,10)22-26/h11-12,23-26H,1-2,13-22H2,3-10H3,(H,33,37)(H,34,38). The van der Waals surface area contributed by atoms with Crippen LogP contribution in [0.15, 0.2) is 25.3 Å². The van der Waals surface area contributed by atoms with Gasteiger partial charge in [-0.15, -0.1) is 13.2 Å². The third-order valence-corrected chi connectivity index (χ3v) is 9.69. The van der Waals surface area contributed by atoms with Gasteiger partial charge in [0.2, 0.25) is 11.8 Å². The van der Waals surface area contributed by atoms with Crippen LogP contribution in [0.3, 0.4) is 0 Å². The molecule has 216 valence electrons. The fraction of sp³-hybridized carbons (Fsp3) is 0.812. The first-order valence-corrected chi connectivity index (χ1v) is 14.9. The van der Waals surface area contributed by atoms with E-state index < -0.39 is 0 Å². The Hall–Kier alpha value is -1.66. The van der Waals surface area contributed by atoms with E-state index in [4.69, 9.17) is 0 Å². The number of likely N-dealkylation sites (tertiary alicyclic amines) is 2. The molecular weight excluding hydrogens is 472 g/mol. The van der Waals surface area contributed by atoms with Crippen molar-refractivity contribution in [1.82, 2.24) is 20.4 Å². The number of nitrogens with one attached hydrogen (secondary N) is 2. The van der Waals surface area contributed by atoms with Gasteiger partial charge in [-0.3, -0.25) is 19.4 Å². The summed E-state index contributed by atoms with van der Waals surface area (Å²) in [5.74, 6) is 0.374. The fourth-order valence-corrected chi connectivity index (χ4v) is 8.34. The molecule has 2 heterocycles. The van der Waals surface area contributed by atoms with E-state index in [1.54, 1.807) is 0 Å². The van der Waals surface area contributed by atoms with Gasteiger partial charge in [0.05, 0.1) is 0 Å².